The summed E-state index contributed by atoms with van der Waals surface area (Å²) in [5, 5.41) is 2.58. The molecule has 0 aromatic heterocycles. The second-order valence-corrected chi connectivity index (χ2v) is 8.16. The standard InChI is InChI=1S/C20H22N2O6S/c1-13-5-4-6-17(11-13)21-19(24)12-28-20(25)14(2)22-29(26,27)18-9-7-16(8-10-18)15(3)23/h4-11,14,22H,12H2,1-3H3,(H,21,24)/t14-/m0/s1. The van der Waals surface area contributed by atoms with Crippen LogP contribution in [-0.2, 0) is 24.3 Å². The lowest BCUT2D eigenvalue weighted by molar-refractivity contribution is -0.148. The highest BCUT2D eigenvalue weighted by molar-refractivity contribution is 7.89. The number of benzene rings is 2. The summed E-state index contributed by atoms with van der Waals surface area (Å²) in [7, 11) is -4.00. The van der Waals surface area contributed by atoms with Crippen molar-refractivity contribution in [2.45, 2.75) is 31.7 Å². The van der Waals surface area contributed by atoms with Gasteiger partial charge in [0, 0.05) is 11.3 Å². The molecule has 1 atom stereocenters. The Morgan fingerprint density at radius 2 is 1.72 bits per heavy atom. The topological polar surface area (TPSA) is 119 Å². The van der Waals surface area contributed by atoms with Gasteiger partial charge >= 0.3 is 5.97 Å². The molecule has 2 rings (SSSR count). The van der Waals surface area contributed by atoms with Crippen LogP contribution in [0.4, 0.5) is 5.69 Å². The number of anilines is 1. The van der Waals surface area contributed by atoms with Crippen LogP contribution in [0.2, 0.25) is 0 Å². The van der Waals surface area contributed by atoms with Crippen molar-refractivity contribution < 1.29 is 27.5 Å². The van der Waals surface area contributed by atoms with Gasteiger partial charge in [-0.2, -0.15) is 4.72 Å². The maximum Gasteiger partial charge on any atom is 0.324 e. The third-order valence-corrected chi connectivity index (χ3v) is 5.46. The molecule has 2 N–H and O–H groups in total. The van der Waals surface area contributed by atoms with Crippen molar-refractivity contribution >= 4 is 33.4 Å². The van der Waals surface area contributed by atoms with Crippen LogP contribution >= 0.6 is 0 Å². The Morgan fingerprint density at radius 1 is 1.07 bits per heavy atom. The van der Waals surface area contributed by atoms with Crippen molar-refractivity contribution in [1.29, 1.82) is 0 Å². The average molecular weight is 418 g/mol. The fourth-order valence-corrected chi connectivity index (χ4v) is 3.59. The van der Waals surface area contributed by atoms with Crippen LogP contribution in [0.1, 0.15) is 29.8 Å². The van der Waals surface area contributed by atoms with Crippen molar-refractivity contribution in [2.75, 3.05) is 11.9 Å². The molecule has 0 aliphatic carbocycles. The fraction of sp³-hybridized carbons (Fsp3) is 0.250. The molecule has 0 fully saturated rings. The van der Waals surface area contributed by atoms with Crippen molar-refractivity contribution in [2.24, 2.45) is 0 Å². The van der Waals surface area contributed by atoms with Gasteiger partial charge in [0.1, 0.15) is 6.04 Å². The lowest BCUT2D eigenvalue weighted by Gasteiger charge is -2.14. The van der Waals surface area contributed by atoms with Crippen LogP contribution in [0.15, 0.2) is 53.4 Å². The molecule has 1 amide bonds. The Bertz CT molecular complexity index is 1020. The molecule has 0 heterocycles. The van der Waals surface area contributed by atoms with Gasteiger partial charge in [-0.15, -0.1) is 0 Å². The highest BCUT2D eigenvalue weighted by Crippen LogP contribution is 2.12. The first-order chi connectivity index (χ1) is 13.6. The van der Waals surface area contributed by atoms with Crippen molar-refractivity contribution in [3.05, 3.63) is 59.7 Å². The molecule has 154 valence electrons. The van der Waals surface area contributed by atoms with Gasteiger partial charge in [0.15, 0.2) is 12.4 Å². The predicted molar refractivity (Wildman–Crippen MR) is 107 cm³/mol. The van der Waals surface area contributed by atoms with Crippen LogP contribution in [0, 0.1) is 6.92 Å². The third kappa shape index (κ3) is 6.51. The van der Waals surface area contributed by atoms with Gasteiger partial charge in [0.2, 0.25) is 10.0 Å². The predicted octanol–water partition coefficient (Wildman–Crippen LogP) is 2.05. The summed E-state index contributed by atoms with van der Waals surface area (Å²) in [5.74, 6) is -1.63. The second kappa shape index (κ2) is 9.44. The van der Waals surface area contributed by atoms with E-state index in [-0.39, 0.29) is 10.7 Å². The lowest BCUT2D eigenvalue weighted by Crippen LogP contribution is -2.40. The van der Waals surface area contributed by atoms with Gasteiger partial charge in [-0.05, 0) is 50.6 Å². The van der Waals surface area contributed by atoms with E-state index in [4.69, 9.17) is 4.74 Å². The molecular weight excluding hydrogens is 396 g/mol. The van der Waals surface area contributed by atoms with Gasteiger partial charge in [-0.3, -0.25) is 14.4 Å². The first-order valence-electron chi connectivity index (χ1n) is 8.75. The van der Waals surface area contributed by atoms with Crippen molar-refractivity contribution in [3.63, 3.8) is 0 Å². The molecule has 0 radical (unpaired) electrons. The summed E-state index contributed by atoms with van der Waals surface area (Å²) in [6.45, 7) is 4.00. The Hall–Kier alpha value is -3.04. The summed E-state index contributed by atoms with van der Waals surface area (Å²) in [4.78, 5) is 35.1. The zero-order valence-corrected chi connectivity index (χ0v) is 17.1. The lowest BCUT2D eigenvalue weighted by atomic mass is 10.2. The minimum atomic E-state index is -4.00. The fourth-order valence-electron chi connectivity index (χ4n) is 2.40. The van der Waals surface area contributed by atoms with E-state index in [1.54, 1.807) is 18.2 Å². The first-order valence-corrected chi connectivity index (χ1v) is 10.2. The molecule has 0 saturated heterocycles. The molecule has 0 aliphatic heterocycles. The van der Waals surface area contributed by atoms with Gasteiger partial charge < -0.3 is 10.1 Å². The number of esters is 1. The molecule has 0 spiro atoms. The number of hydrogen-bond acceptors (Lipinski definition) is 6. The van der Waals surface area contributed by atoms with Gasteiger partial charge in [0.05, 0.1) is 4.90 Å². The zero-order valence-electron chi connectivity index (χ0n) is 16.3. The molecule has 0 bridgehead atoms. The maximum atomic E-state index is 12.4. The van der Waals surface area contributed by atoms with Crippen LogP contribution in [-0.4, -0.2) is 38.7 Å². The van der Waals surface area contributed by atoms with E-state index in [9.17, 15) is 22.8 Å². The number of ketones is 1. The zero-order chi connectivity index (χ0) is 21.6. The summed E-state index contributed by atoms with van der Waals surface area (Å²) in [6.07, 6.45) is 0. The molecule has 0 aliphatic rings. The normalized spacial score (nSPS) is 12.1. The van der Waals surface area contributed by atoms with Gasteiger partial charge in [0.25, 0.3) is 5.91 Å². The monoisotopic (exact) mass is 418 g/mol. The molecule has 8 nitrogen and oxygen atoms in total. The Morgan fingerprint density at radius 3 is 2.31 bits per heavy atom. The van der Waals surface area contributed by atoms with E-state index in [1.807, 2.05) is 13.0 Å². The molecule has 0 saturated carbocycles. The van der Waals surface area contributed by atoms with E-state index < -0.39 is 34.5 Å². The van der Waals surface area contributed by atoms with E-state index in [1.165, 1.54) is 38.1 Å². The van der Waals surface area contributed by atoms with Crippen LogP contribution < -0.4 is 10.0 Å². The van der Waals surface area contributed by atoms with E-state index in [2.05, 4.69) is 10.0 Å². The third-order valence-electron chi connectivity index (χ3n) is 3.90. The maximum absolute atomic E-state index is 12.4. The van der Waals surface area contributed by atoms with Crippen LogP contribution in [0.5, 0.6) is 0 Å². The summed E-state index contributed by atoms with van der Waals surface area (Å²) >= 11 is 0. The molecule has 0 unspecified atom stereocenters. The summed E-state index contributed by atoms with van der Waals surface area (Å²) in [6, 6.07) is 11.2. The number of hydrogen-bond donors (Lipinski definition) is 2. The first kappa shape index (κ1) is 22.3. The SMILES string of the molecule is CC(=O)c1ccc(S(=O)(=O)N[C@@H](C)C(=O)OCC(=O)Nc2cccc(C)c2)cc1. The smallest absolute Gasteiger partial charge is 0.324 e. The molecule has 2 aromatic rings. The largest absolute Gasteiger partial charge is 0.454 e. The van der Waals surface area contributed by atoms with Gasteiger partial charge in [-0.1, -0.05) is 24.3 Å². The Balaban J connectivity index is 1.90. The average Bonchev–Trinajstić information content (AvgIpc) is 2.65. The van der Waals surface area contributed by atoms with E-state index >= 15 is 0 Å². The molecule has 29 heavy (non-hydrogen) atoms. The highest BCUT2D eigenvalue weighted by Gasteiger charge is 2.24. The number of nitrogens with one attached hydrogen (secondary N) is 2. The van der Waals surface area contributed by atoms with E-state index in [0.29, 0.717) is 11.3 Å². The number of sulfonamides is 1. The van der Waals surface area contributed by atoms with E-state index in [0.717, 1.165) is 5.56 Å². The number of rotatable bonds is 8. The number of carbonyl (C=O) groups is 3. The number of carbonyl (C=O) groups excluding carboxylic acids is 3. The Kier molecular flexibility index (Phi) is 7.24. The van der Waals surface area contributed by atoms with Crippen molar-refractivity contribution in [3.8, 4) is 0 Å². The number of ether oxygens (including phenoxy) is 1. The van der Waals surface area contributed by atoms with Gasteiger partial charge in [-0.25, -0.2) is 8.42 Å². The van der Waals surface area contributed by atoms with Crippen LogP contribution in [0.3, 0.4) is 0 Å². The molecular formula is C20H22N2O6S. The minimum absolute atomic E-state index is 0.0978. The number of amides is 1. The number of aryl methyl sites for hydroxylation is 1. The quantitative estimate of drug-likeness (QED) is 0.500. The molecule has 9 heteroatoms. The second-order valence-electron chi connectivity index (χ2n) is 6.45. The van der Waals surface area contributed by atoms with Crippen LogP contribution in [0.25, 0.3) is 0 Å². The summed E-state index contributed by atoms with van der Waals surface area (Å²) < 4.78 is 31.8. The highest BCUT2D eigenvalue weighted by atomic mass is 32.2. The summed E-state index contributed by atoms with van der Waals surface area (Å²) in [5.41, 5.74) is 1.89. The Labute approximate surface area is 169 Å². The number of Topliss-reactive ketones (excluding diaryl/α,β-unsaturated/α-hetero) is 1. The minimum Gasteiger partial charge on any atom is -0.454 e. The van der Waals surface area contributed by atoms with Crippen molar-refractivity contribution in [1.82, 2.24) is 4.72 Å². The molecule has 2 aromatic carbocycles.